The third-order valence-corrected chi connectivity index (χ3v) is 2.63. The van der Waals surface area contributed by atoms with Crippen LogP contribution >= 0.6 is 0 Å². The Kier molecular flexibility index (Phi) is 2.79. The Bertz CT molecular complexity index is 297. The average molecular weight is 196 g/mol. The van der Waals surface area contributed by atoms with Crippen LogP contribution in [0, 0.1) is 5.82 Å². The van der Waals surface area contributed by atoms with E-state index in [1.165, 1.54) is 12.1 Å². The second kappa shape index (κ2) is 4.07. The Morgan fingerprint density at radius 1 is 1.36 bits per heavy atom. The van der Waals surface area contributed by atoms with Crippen molar-refractivity contribution in [1.82, 2.24) is 0 Å². The largest absolute Gasteiger partial charge is 0.394 e. The fourth-order valence-electron chi connectivity index (χ4n) is 1.80. The molecular weight excluding hydrogens is 183 g/mol. The summed E-state index contributed by atoms with van der Waals surface area (Å²) in [4.78, 5) is 0. The molecule has 1 aliphatic heterocycles. The highest BCUT2D eigenvalue weighted by molar-refractivity contribution is 5.21. The van der Waals surface area contributed by atoms with Gasteiger partial charge < -0.3 is 9.84 Å². The summed E-state index contributed by atoms with van der Waals surface area (Å²) in [6.07, 6.45) is 0.771. The van der Waals surface area contributed by atoms with Crippen molar-refractivity contribution >= 4 is 0 Å². The summed E-state index contributed by atoms with van der Waals surface area (Å²) in [5.41, 5.74) is 1.09. The van der Waals surface area contributed by atoms with Gasteiger partial charge in [0, 0.05) is 5.92 Å². The molecule has 1 aromatic rings. The Morgan fingerprint density at radius 2 is 2.07 bits per heavy atom. The molecule has 0 aliphatic carbocycles. The van der Waals surface area contributed by atoms with E-state index >= 15 is 0 Å². The predicted octanol–water partition coefficient (Wildman–Crippen LogP) is 1.69. The van der Waals surface area contributed by atoms with E-state index in [0.29, 0.717) is 12.5 Å². The molecule has 0 spiro atoms. The van der Waals surface area contributed by atoms with E-state index in [1.54, 1.807) is 12.1 Å². The van der Waals surface area contributed by atoms with Gasteiger partial charge in [0.1, 0.15) is 5.82 Å². The van der Waals surface area contributed by atoms with Crippen LogP contribution in [-0.2, 0) is 4.74 Å². The van der Waals surface area contributed by atoms with E-state index in [-0.39, 0.29) is 18.5 Å². The highest BCUT2D eigenvalue weighted by Gasteiger charge is 2.25. The molecule has 2 nitrogen and oxygen atoms in total. The predicted molar refractivity (Wildman–Crippen MR) is 50.6 cm³/mol. The first-order chi connectivity index (χ1) is 6.79. The SMILES string of the molecule is OC[C@H]1C[C@H](c2ccc(F)cc2)CO1. The third kappa shape index (κ3) is 1.94. The Balaban J connectivity index is 2.06. The number of hydrogen-bond donors (Lipinski definition) is 1. The van der Waals surface area contributed by atoms with Gasteiger partial charge in [0.05, 0.1) is 19.3 Å². The number of aliphatic hydroxyl groups excluding tert-OH is 1. The molecule has 0 amide bonds. The van der Waals surface area contributed by atoms with E-state index in [1.807, 2.05) is 0 Å². The van der Waals surface area contributed by atoms with Crippen LogP contribution in [-0.4, -0.2) is 24.4 Å². The molecule has 1 aliphatic rings. The lowest BCUT2D eigenvalue weighted by molar-refractivity contribution is 0.0585. The number of benzene rings is 1. The minimum absolute atomic E-state index is 0.0509. The molecule has 1 saturated heterocycles. The van der Waals surface area contributed by atoms with Crippen molar-refractivity contribution in [2.45, 2.75) is 18.4 Å². The molecule has 14 heavy (non-hydrogen) atoms. The monoisotopic (exact) mass is 196 g/mol. The average Bonchev–Trinajstić information content (AvgIpc) is 2.67. The molecule has 0 bridgehead atoms. The number of rotatable bonds is 2. The number of ether oxygens (including phenoxy) is 1. The summed E-state index contributed by atoms with van der Waals surface area (Å²) < 4.78 is 18.0. The highest BCUT2D eigenvalue weighted by atomic mass is 19.1. The van der Waals surface area contributed by atoms with Crippen LogP contribution in [0.1, 0.15) is 17.9 Å². The van der Waals surface area contributed by atoms with Crippen LogP contribution in [0.3, 0.4) is 0 Å². The van der Waals surface area contributed by atoms with Gasteiger partial charge in [-0.25, -0.2) is 4.39 Å². The van der Waals surface area contributed by atoms with Gasteiger partial charge >= 0.3 is 0 Å². The Morgan fingerprint density at radius 3 is 2.64 bits per heavy atom. The molecule has 1 fully saturated rings. The van der Waals surface area contributed by atoms with Crippen molar-refractivity contribution in [3.05, 3.63) is 35.6 Å². The van der Waals surface area contributed by atoms with Gasteiger partial charge in [-0.3, -0.25) is 0 Å². The van der Waals surface area contributed by atoms with Gasteiger partial charge in [0.15, 0.2) is 0 Å². The molecule has 1 heterocycles. The van der Waals surface area contributed by atoms with Crippen LogP contribution in [0.4, 0.5) is 4.39 Å². The second-order valence-corrected chi connectivity index (χ2v) is 3.62. The van der Waals surface area contributed by atoms with Crippen molar-refractivity contribution in [2.24, 2.45) is 0 Å². The molecule has 2 rings (SSSR count). The van der Waals surface area contributed by atoms with Gasteiger partial charge in [0.25, 0.3) is 0 Å². The molecule has 0 unspecified atom stereocenters. The maximum absolute atomic E-state index is 12.6. The van der Waals surface area contributed by atoms with Gasteiger partial charge in [-0.05, 0) is 24.1 Å². The topological polar surface area (TPSA) is 29.5 Å². The van der Waals surface area contributed by atoms with Gasteiger partial charge in [-0.15, -0.1) is 0 Å². The van der Waals surface area contributed by atoms with Crippen LogP contribution in [0.25, 0.3) is 0 Å². The minimum Gasteiger partial charge on any atom is -0.394 e. The molecular formula is C11H13FO2. The summed E-state index contributed by atoms with van der Waals surface area (Å²) in [6, 6.07) is 6.48. The van der Waals surface area contributed by atoms with Crippen molar-refractivity contribution in [1.29, 1.82) is 0 Å². The quantitative estimate of drug-likeness (QED) is 0.780. The first-order valence-corrected chi connectivity index (χ1v) is 4.77. The zero-order chi connectivity index (χ0) is 9.97. The molecule has 76 valence electrons. The molecule has 1 aromatic carbocycles. The molecule has 1 N–H and O–H groups in total. The minimum atomic E-state index is -0.216. The molecule has 3 heteroatoms. The number of aliphatic hydroxyl groups is 1. The standard InChI is InChI=1S/C11H13FO2/c12-10-3-1-8(2-4-10)9-5-11(6-13)14-7-9/h1-4,9,11,13H,5-7H2/t9-,11+/m0/s1. The van der Waals surface area contributed by atoms with Crippen LogP contribution in [0.15, 0.2) is 24.3 Å². The van der Waals surface area contributed by atoms with Crippen molar-refractivity contribution in [3.8, 4) is 0 Å². The van der Waals surface area contributed by atoms with E-state index in [4.69, 9.17) is 9.84 Å². The highest BCUT2D eigenvalue weighted by Crippen LogP contribution is 2.29. The maximum atomic E-state index is 12.6. The second-order valence-electron chi connectivity index (χ2n) is 3.62. The van der Waals surface area contributed by atoms with E-state index in [9.17, 15) is 4.39 Å². The van der Waals surface area contributed by atoms with Gasteiger partial charge in [-0.1, -0.05) is 12.1 Å². The summed E-state index contributed by atoms with van der Waals surface area (Å²) in [5, 5.41) is 8.89. The fraction of sp³-hybridized carbons (Fsp3) is 0.455. The van der Waals surface area contributed by atoms with Crippen molar-refractivity contribution in [2.75, 3.05) is 13.2 Å². The summed E-state index contributed by atoms with van der Waals surface area (Å²) in [6.45, 7) is 0.689. The molecule has 2 atom stereocenters. The zero-order valence-electron chi connectivity index (χ0n) is 7.82. The summed E-state index contributed by atoms with van der Waals surface area (Å²) >= 11 is 0. The molecule has 0 aromatic heterocycles. The number of hydrogen-bond acceptors (Lipinski definition) is 2. The van der Waals surface area contributed by atoms with Crippen LogP contribution in [0.5, 0.6) is 0 Å². The van der Waals surface area contributed by atoms with E-state index in [0.717, 1.165) is 12.0 Å². The summed E-state index contributed by atoms with van der Waals surface area (Å²) in [5.74, 6) is 0.0825. The number of halogens is 1. The Labute approximate surface area is 82.3 Å². The first-order valence-electron chi connectivity index (χ1n) is 4.77. The normalized spacial score (nSPS) is 26.7. The van der Waals surface area contributed by atoms with Crippen molar-refractivity contribution < 1.29 is 14.2 Å². The lowest BCUT2D eigenvalue weighted by Gasteiger charge is -2.07. The van der Waals surface area contributed by atoms with Gasteiger partial charge in [-0.2, -0.15) is 0 Å². The maximum Gasteiger partial charge on any atom is 0.123 e. The van der Waals surface area contributed by atoms with E-state index < -0.39 is 0 Å². The summed E-state index contributed by atoms with van der Waals surface area (Å²) in [7, 11) is 0. The molecule has 0 radical (unpaired) electrons. The van der Waals surface area contributed by atoms with Crippen molar-refractivity contribution in [3.63, 3.8) is 0 Å². The fourth-order valence-corrected chi connectivity index (χ4v) is 1.80. The van der Waals surface area contributed by atoms with E-state index in [2.05, 4.69) is 0 Å². The lowest BCUT2D eigenvalue weighted by Crippen LogP contribution is -2.09. The zero-order valence-corrected chi connectivity index (χ0v) is 7.82. The smallest absolute Gasteiger partial charge is 0.123 e. The lowest BCUT2D eigenvalue weighted by atomic mass is 9.96. The first kappa shape index (κ1) is 9.62. The van der Waals surface area contributed by atoms with Crippen LogP contribution in [0.2, 0.25) is 0 Å². The van der Waals surface area contributed by atoms with Crippen LogP contribution < -0.4 is 0 Å². The molecule has 0 saturated carbocycles. The Hall–Kier alpha value is -0.930. The third-order valence-electron chi connectivity index (χ3n) is 2.63. The van der Waals surface area contributed by atoms with Gasteiger partial charge in [0.2, 0.25) is 0 Å².